The van der Waals surface area contributed by atoms with E-state index in [1.807, 2.05) is 41.2 Å². The average molecular weight is 469 g/mol. The Labute approximate surface area is 194 Å². The maximum absolute atomic E-state index is 6.50. The van der Waals surface area contributed by atoms with Crippen molar-refractivity contribution in [3.8, 4) is 17.1 Å². The Morgan fingerprint density at radius 3 is 2.77 bits per heavy atom. The Hall–Kier alpha value is -2.48. The summed E-state index contributed by atoms with van der Waals surface area (Å²) in [4.78, 5) is 5.76. The number of aromatic nitrogens is 4. The lowest BCUT2D eigenvalue weighted by Gasteiger charge is -2.11. The minimum Gasteiger partial charge on any atom is -0.496 e. The molecule has 0 saturated carbocycles. The van der Waals surface area contributed by atoms with Crippen LogP contribution in [0.2, 0.25) is 5.15 Å². The molecular weight excluding hydrogens is 448 g/mol. The van der Waals surface area contributed by atoms with E-state index in [9.17, 15) is 0 Å². The van der Waals surface area contributed by atoms with Crippen molar-refractivity contribution in [3.05, 3.63) is 71.9 Å². The van der Waals surface area contributed by atoms with Gasteiger partial charge in [0.15, 0.2) is 11.0 Å². The fourth-order valence-electron chi connectivity index (χ4n) is 3.26. The van der Waals surface area contributed by atoms with Crippen LogP contribution in [0, 0.1) is 0 Å². The van der Waals surface area contributed by atoms with E-state index in [0.29, 0.717) is 17.5 Å². The van der Waals surface area contributed by atoms with E-state index in [4.69, 9.17) is 16.3 Å². The molecule has 2 heterocycles. The van der Waals surface area contributed by atoms with Gasteiger partial charge in [-0.1, -0.05) is 47.6 Å². The van der Waals surface area contributed by atoms with Gasteiger partial charge < -0.3 is 4.74 Å². The third-order valence-electron chi connectivity index (χ3n) is 4.78. The number of hydrogen-bond acceptors (Lipinski definition) is 6. The second kappa shape index (κ2) is 9.77. The van der Waals surface area contributed by atoms with Crippen molar-refractivity contribution >= 4 is 46.0 Å². The van der Waals surface area contributed by atoms with E-state index in [2.05, 4.69) is 46.0 Å². The molecule has 0 aliphatic rings. The Bertz CT molecular complexity index is 1240. The van der Waals surface area contributed by atoms with E-state index in [0.717, 1.165) is 38.8 Å². The molecule has 4 rings (SSSR count). The number of nitrogens with zero attached hydrogens (tertiary/aromatic N) is 4. The number of fused-ring (bicyclic) bond motifs is 1. The van der Waals surface area contributed by atoms with Gasteiger partial charge >= 0.3 is 0 Å². The highest BCUT2D eigenvalue weighted by Crippen LogP contribution is 2.33. The van der Waals surface area contributed by atoms with Crippen LogP contribution in [0.5, 0.6) is 5.75 Å². The highest BCUT2D eigenvalue weighted by atomic mass is 35.5. The number of pyridine rings is 1. The molecule has 0 radical (unpaired) electrons. The first-order chi connectivity index (χ1) is 15.1. The zero-order valence-electron chi connectivity index (χ0n) is 17.2. The number of benzene rings is 2. The van der Waals surface area contributed by atoms with Gasteiger partial charge in [0.2, 0.25) is 0 Å². The molecule has 0 atom stereocenters. The van der Waals surface area contributed by atoms with Gasteiger partial charge in [0.25, 0.3) is 0 Å². The lowest BCUT2D eigenvalue weighted by atomic mass is 10.2. The molecule has 31 heavy (non-hydrogen) atoms. The monoisotopic (exact) mass is 468 g/mol. The summed E-state index contributed by atoms with van der Waals surface area (Å²) >= 11 is 9.76. The minimum atomic E-state index is 0.512. The Kier molecular flexibility index (Phi) is 6.85. The average Bonchev–Trinajstić information content (AvgIpc) is 3.19. The van der Waals surface area contributed by atoms with Crippen LogP contribution in [0.1, 0.15) is 5.56 Å². The molecule has 5 nitrogen and oxygen atoms in total. The summed E-state index contributed by atoms with van der Waals surface area (Å²) in [7, 11) is 1.65. The molecule has 0 amide bonds. The highest BCUT2D eigenvalue weighted by molar-refractivity contribution is 7.98. The highest BCUT2D eigenvalue weighted by Gasteiger charge is 2.17. The molecule has 0 fully saturated rings. The van der Waals surface area contributed by atoms with Crippen LogP contribution in [-0.4, -0.2) is 33.1 Å². The number of halogens is 1. The normalized spacial score (nSPS) is 11.1. The lowest BCUT2D eigenvalue weighted by molar-refractivity contribution is 0.416. The van der Waals surface area contributed by atoms with Gasteiger partial charge in [0.1, 0.15) is 10.9 Å². The summed E-state index contributed by atoms with van der Waals surface area (Å²) in [5.41, 5.74) is 2.75. The van der Waals surface area contributed by atoms with Gasteiger partial charge in [0, 0.05) is 28.1 Å². The number of ether oxygens (including phenoxy) is 1. The van der Waals surface area contributed by atoms with Crippen molar-refractivity contribution in [1.29, 1.82) is 0 Å². The van der Waals surface area contributed by atoms with E-state index >= 15 is 0 Å². The van der Waals surface area contributed by atoms with Crippen LogP contribution in [0.25, 0.3) is 22.3 Å². The van der Waals surface area contributed by atoms with Crippen LogP contribution in [0.15, 0.2) is 71.2 Å². The second-order valence-corrected chi connectivity index (χ2v) is 8.87. The van der Waals surface area contributed by atoms with Crippen molar-refractivity contribution < 1.29 is 4.74 Å². The zero-order valence-corrected chi connectivity index (χ0v) is 19.6. The molecule has 2 aromatic carbocycles. The molecule has 0 N–H and O–H groups in total. The number of thioether (sulfide) groups is 2. The van der Waals surface area contributed by atoms with Gasteiger partial charge in [-0.25, -0.2) is 4.98 Å². The number of hydrogen-bond donors (Lipinski definition) is 0. The van der Waals surface area contributed by atoms with Gasteiger partial charge in [-0.15, -0.1) is 28.5 Å². The van der Waals surface area contributed by atoms with E-state index < -0.39 is 0 Å². The van der Waals surface area contributed by atoms with E-state index in [1.54, 1.807) is 30.6 Å². The smallest absolute Gasteiger partial charge is 0.192 e. The summed E-state index contributed by atoms with van der Waals surface area (Å²) in [6.45, 7) is 4.47. The summed E-state index contributed by atoms with van der Waals surface area (Å²) < 4.78 is 7.53. The third kappa shape index (κ3) is 4.59. The molecule has 0 spiro atoms. The molecule has 0 aliphatic heterocycles. The summed E-state index contributed by atoms with van der Waals surface area (Å²) in [5.74, 6) is 2.13. The zero-order chi connectivity index (χ0) is 21.8. The molecule has 158 valence electrons. The maximum atomic E-state index is 6.50. The van der Waals surface area contributed by atoms with Crippen LogP contribution < -0.4 is 4.74 Å². The van der Waals surface area contributed by atoms with Gasteiger partial charge in [-0.05, 0) is 36.6 Å². The molecule has 4 aromatic rings. The predicted octanol–water partition coefficient (Wildman–Crippen LogP) is 6.36. The molecule has 2 aromatic heterocycles. The molecular formula is C23H21ClN4OS2. The summed E-state index contributed by atoms with van der Waals surface area (Å²) in [6, 6.07) is 16.1. The van der Waals surface area contributed by atoms with Crippen LogP contribution >= 0.6 is 35.1 Å². The van der Waals surface area contributed by atoms with Crippen molar-refractivity contribution in [2.75, 3.05) is 13.4 Å². The first-order valence-electron chi connectivity index (χ1n) is 9.58. The first-order valence-corrected chi connectivity index (χ1v) is 12.2. The van der Waals surface area contributed by atoms with Gasteiger partial charge in [0.05, 0.1) is 18.2 Å². The molecule has 8 heteroatoms. The minimum absolute atomic E-state index is 0.512. The number of para-hydroxylation sites is 1. The van der Waals surface area contributed by atoms with E-state index in [1.165, 1.54) is 4.90 Å². The molecule has 0 unspecified atom stereocenters. The van der Waals surface area contributed by atoms with Gasteiger partial charge in [-0.2, -0.15) is 0 Å². The fraction of sp³-hybridized carbons (Fsp3) is 0.174. The fourth-order valence-corrected chi connectivity index (χ4v) is 4.90. The second-order valence-electron chi connectivity index (χ2n) is 6.69. The van der Waals surface area contributed by atoms with Crippen LogP contribution in [-0.2, 0) is 12.3 Å². The largest absolute Gasteiger partial charge is 0.496 e. The number of allylic oxidation sites excluding steroid dienone is 1. The Morgan fingerprint density at radius 2 is 2.00 bits per heavy atom. The van der Waals surface area contributed by atoms with Gasteiger partial charge in [-0.3, -0.25) is 4.57 Å². The topological polar surface area (TPSA) is 52.8 Å². The summed E-state index contributed by atoms with van der Waals surface area (Å²) in [5, 5.41) is 11.2. The van der Waals surface area contributed by atoms with Crippen LogP contribution in [0.4, 0.5) is 0 Å². The Morgan fingerprint density at radius 1 is 1.16 bits per heavy atom. The van der Waals surface area contributed by atoms with Crippen LogP contribution in [0.3, 0.4) is 0 Å². The number of methoxy groups -OCH3 is 1. The van der Waals surface area contributed by atoms with E-state index in [-0.39, 0.29) is 0 Å². The summed E-state index contributed by atoms with van der Waals surface area (Å²) in [6.07, 6.45) is 3.88. The van der Waals surface area contributed by atoms with Crippen molar-refractivity contribution in [3.63, 3.8) is 0 Å². The van der Waals surface area contributed by atoms with Crippen molar-refractivity contribution in [2.45, 2.75) is 22.3 Å². The quantitative estimate of drug-likeness (QED) is 0.170. The number of rotatable bonds is 8. The third-order valence-corrected chi connectivity index (χ3v) is 6.85. The molecule has 0 bridgehead atoms. The SMILES string of the molecule is C=CCn1c(SCc2cc3ccc(SC)cc3nc2Cl)nnc1-c1ccccc1OC. The van der Waals surface area contributed by atoms with Crippen molar-refractivity contribution in [1.82, 2.24) is 19.7 Å². The standard InChI is InChI=1S/C23H21ClN4OS2/c1-4-11-28-22(18-7-5-6-8-20(18)29-2)26-27-23(28)31-14-16-12-15-9-10-17(30-3)13-19(15)25-21(16)24/h4-10,12-13H,1,11,14H2,2-3H3. The van der Waals surface area contributed by atoms with Crippen molar-refractivity contribution in [2.24, 2.45) is 0 Å². The Balaban J connectivity index is 1.63. The maximum Gasteiger partial charge on any atom is 0.192 e. The molecule has 0 saturated heterocycles. The predicted molar refractivity (Wildman–Crippen MR) is 130 cm³/mol. The first kappa shape index (κ1) is 21.7. The lowest BCUT2D eigenvalue weighted by Crippen LogP contribution is -2.02. The molecule has 0 aliphatic carbocycles.